The van der Waals surface area contributed by atoms with E-state index in [1.807, 2.05) is 0 Å². The predicted molar refractivity (Wildman–Crippen MR) is 74.7 cm³/mol. The van der Waals surface area contributed by atoms with Gasteiger partial charge in [0.15, 0.2) is 0 Å². The summed E-state index contributed by atoms with van der Waals surface area (Å²) in [5.41, 5.74) is 0.0184. The lowest BCUT2D eigenvalue weighted by Crippen LogP contribution is -2.42. The molecule has 0 bridgehead atoms. The summed E-state index contributed by atoms with van der Waals surface area (Å²) in [6.45, 7) is 0.801. The summed E-state index contributed by atoms with van der Waals surface area (Å²) in [5, 5.41) is 0. The van der Waals surface area contributed by atoms with Crippen molar-refractivity contribution in [3.8, 4) is 0 Å². The van der Waals surface area contributed by atoms with Gasteiger partial charge in [-0.2, -0.15) is 0 Å². The number of ether oxygens (including phenoxy) is 1. The molecule has 108 valence electrons. The molecule has 1 amide bonds. The van der Waals surface area contributed by atoms with E-state index >= 15 is 0 Å². The van der Waals surface area contributed by atoms with Crippen molar-refractivity contribution in [2.75, 3.05) is 20.2 Å². The average molecular weight is 344 g/mol. The third-order valence-electron chi connectivity index (χ3n) is 3.43. The van der Waals surface area contributed by atoms with Gasteiger partial charge in [0.2, 0.25) is 0 Å². The lowest BCUT2D eigenvalue weighted by atomic mass is 9.97. The van der Waals surface area contributed by atoms with Crippen LogP contribution in [-0.2, 0) is 9.53 Å². The fourth-order valence-corrected chi connectivity index (χ4v) is 2.73. The van der Waals surface area contributed by atoms with Gasteiger partial charge in [-0.1, -0.05) is 6.07 Å². The van der Waals surface area contributed by atoms with Crippen LogP contribution in [0.4, 0.5) is 4.39 Å². The lowest BCUT2D eigenvalue weighted by molar-refractivity contribution is -0.146. The van der Waals surface area contributed by atoms with E-state index in [1.54, 1.807) is 12.1 Å². The van der Waals surface area contributed by atoms with E-state index in [4.69, 9.17) is 4.74 Å². The van der Waals surface area contributed by atoms with Crippen molar-refractivity contribution in [1.29, 1.82) is 0 Å². The number of carbonyl (C=O) groups excluding carboxylic acids is 2. The van der Waals surface area contributed by atoms with Crippen molar-refractivity contribution >= 4 is 27.8 Å². The van der Waals surface area contributed by atoms with Gasteiger partial charge in [0.1, 0.15) is 5.82 Å². The number of benzene rings is 1. The Morgan fingerprint density at radius 3 is 2.90 bits per heavy atom. The van der Waals surface area contributed by atoms with E-state index in [9.17, 15) is 14.0 Å². The number of methoxy groups -OCH3 is 1. The van der Waals surface area contributed by atoms with Gasteiger partial charge in [0.25, 0.3) is 5.91 Å². The fourth-order valence-electron chi connectivity index (χ4n) is 2.36. The highest BCUT2D eigenvalue weighted by molar-refractivity contribution is 9.10. The van der Waals surface area contributed by atoms with Crippen LogP contribution < -0.4 is 0 Å². The normalized spacial score (nSPS) is 18.8. The van der Waals surface area contributed by atoms with Crippen LogP contribution in [-0.4, -0.2) is 37.0 Å². The zero-order valence-corrected chi connectivity index (χ0v) is 12.7. The fraction of sp³-hybridized carbons (Fsp3) is 0.429. The molecule has 0 N–H and O–H groups in total. The summed E-state index contributed by atoms with van der Waals surface area (Å²) in [4.78, 5) is 25.4. The number of nitrogens with zero attached hydrogens (tertiary/aromatic N) is 1. The van der Waals surface area contributed by atoms with Crippen LogP contribution in [0.2, 0.25) is 0 Å². The van der Waals surface area contributed by atoms with Crippen LogP contribution in [0, 0.1) is 11.7 Å². The summed E-state index contributed by atoms with van der Waals surface area (Å²) < 4.78 is 18.9. The van der Waals surface area contributed by atoms with Gasteiger partial charge in [-0.15, -0.1) is 0 Å². The van der Waals surface area contributed by atoms with Gasteiger partial charge in [0.05, 0.1) is 23.1 Å². The minimum Gasteiger partial charge on any atom is -0.469 e. The second-order valence-corrected chi connectivity index (χ2v) is 5.57. The quantitative estimate of drug-likeness (QED) is 0.775. The minimum atomic E-state index is -0.572. The van der Waals surface area contributed by atoms with Gasteiger partial charge in [-0.25, -0.2) is 4.39 Å². The van der Waals surface area contributed by atoms with Crippen LogP contribution in [0.5, 0.6) is 0 Å². The molecule has 1 aromatic carbocycles. The molecule has 4 nitrogen and oxygen atoms in total. The molecule has 2 rings (SSSR count). The highest BCUT2D eigenvalue weighted by Crippen LogP contribution is 2.23. The molecule has 0 aromatic heterocycles. The van der Waals surface area contributed by atoms with Crippen molar-refractivity contribution < 1.29 is 18.7 Å². The maximum absolute atomic E-state index is 13.9. The van der Waals surface area contributed by atoms with E-state index in [0.29, 0.717) is 19.4 Å². The second kappa shape index (κ2) is 6.35. The number of hydrogen-bond donors (Lipinski definition) is 0. The van der Waals surface area contributed by atoms with Gasteiger partial charge >= 0.3 is 5.97 Å². The number of carbonyl (C=O) groups is 2. The number of likely N-dealkylation sites (tertiary alicyclic amines) is 1. The van der Waals surface area contributed by atoms with Crippen molar-refractivity contribution in [2.24, 2.45) is 5.92 Å². The third kappa shape index (κ3) is 3.00. The number of piperidine rings is 1. The summed E-state index contributed by atoms with van der Waals surface area (Å²) >= 11 is 3.06. The summed E-state index contributed by atoms with van der Waals surface area (Å²) in [5.74, 6) is -1.61. The molecule has 0 spiro atoms. The van der Waals surface area contributed by atoms with Crippen molar-refractivity contribution in [3.05, 3.63) is 34.1 Å². The zero-order chi connectivity index (χ0) is 14.7. The first kappa shape index (κ1) is 15.0. The second-order valence-electron chi connectivity index (χ2n) is 4.71. The molecule has 1 heterocycles. The molecule has 0 saturated carbocycles. The van der Waals surface area contributed by atoms with E-state index in [2.05, 4.69) is 15.9 Å². The van der Waals surface area contributed by atoms with Crippen LogP contribution in [0.25, 0.3) is 0 Å². The maximum atomic E-state index is 13.9. The Morgan fingerprint density at radius 2 is 2.20 bits per heavy atom. The Kier molecular flexibility index (Phi) is 4.75. The number of hydrogen-bond acceptors (Lipinski definition) is 3. The Morgan fingerprint density at radius 1 is 1.45 bits per heavy atom. The topological polar surface area (TPSA) is 46.6 Å². The van der Waals surface area contributed by atoms with Crippen molar-refractivity contribution in [1.82, 2.24) is 4.90 Å². The van der Waals surface area contributed by atoms with Crippen LogP contribution >= 0.6 is 15.9 Å². The molecular weight excluding hydrogens is 329 g/mol. The minimum absolute atomic E-state index is 0.0184. The Hall–Kier alpha value is -1.43. The molecule has 20 heavy (non-hydrogen) atoms. The first-order chi connectivity index (χ1) is 9.54. The molecule has 1 atom stereocenters. The van der Waals surface area contributed by atoms with E-state index in [-0.39, 0.29) is 28.5 Å². The Bertz CT molecular complexity index is 535. The van der Waals surface area contributed by atoms with Crippen LogP contribution in [0.3, 0.4) is 0 Å². The SMILES string of the molecule is COC(=O)[C@H]1CCCN(C(=O)c2cccc(Br)c2F)C1. The van der Waals surface area contributed by atoms with E-state index < -0.39 is 11.7 Å². The molecule has 6 heteroatoms. The Labute approximate surface area is 125 Å². The first-order valence-electron chi connectivity index (χ1n) is 6.35. The van der Waals surface area contributed by atoms with Crippen LogP contribution in [0.1, 0.15) is 23.2 Å². The largest absolute Gasteiger partial charge is 0.469 e. The van der Waals surface area contributed by atoms with Gasteiger partial charge in [-0.3, -0.25) is 9.59 Å². The molecule has 0 radical (unpaired) electrons. The van der Waals surface area contributed by atoms with Gasteiger partial charge in [-0.05, 0) is 40.9 Å². The molecule has 1 fully saturated rings. The molecule has 0 unspecified atom stereocenters. The number of esters is 1. The predicted octanol–water partition coefficient (Wildman–Crippen LogP) is 2.61. The lowest BCUT2D eigenvalue weighted by Gasteiger charge is -2.31. The molecule has 1 aliphatic heterocycles. The Balaban J connectivity index is 2.16. The third-order valence-corrected chi connectivity index (χ3v) is 4.04. The highest BCUT2D eigenvalue weighted by Gasteiger charge is 2.30. The number of rotatable bonds is 2. The summed E-state index contributed by atoms with van der Waals surface area (Å²) in [6.07, 6.45) is 1.40. The first-order valence-corrected chi connectivity index (χ1v) is 7.15. The molecule has 1 saturated heterocycles. The van der Waals surface area contributed by atoms with Crippen molar-refractivity contribution in [2.45, 2.75) is 12.8 Å². The molecule has 0 aliphatic carbocycles. The molecular formula is C14H15BrFNO3. The van der Waals surface area contributed by atoms with Crippen LogP contribution in [0.15, 0.2) is 22.7 Å². The van der Waals surface area contributed by atoms with Crippen molar-refractivity contribution in [3.63, 3.8) is 0 Å². The highest BCUT2D eigenvalue weighted by atomic mass is 79.9. The van der Waals surface area contributed by atoms with Gasteiger partial charge < -0.3 is 9.64 Å². The summed E-state index contributed by atoms with van der Waals surface area (Å²) in [7, 11) is 1.33. The average Bonchev–Trinajstić information content (AvgIpc) is 2.48. The number of halogens is 2. The molecule has 1 aromatic rings. The smallest absolute Gasteiger partial charge is 0.310 e. The molecule has 1 aliphatic rings. The summed E-state index contributed by atoms with van der Waals surface area (Å²) in [6, 6.07) is 4.60. The number of amides is 1. The van der Waals surface area contributed by atoms with E-state index in [1.165, 1.54) is 18.1 Å². The zero-order valence-electron chi connectivity index (χ0n) is 11.1. The van der Waals surface area contributed by atoms with E-state index in [0.717, 1.165) is 0 Å². The van der Waals surface area contributed by atoms with Gasteiger partial charge in [0, 0.05) is 13.1 Å². The standard InChI is InChI=1S/C14H15BrFNO3/c1-20-14(19)9-4-3-7-17(8-9)13(18)10-5-2-6-11(15)12(10)16/h2,5-6,9H,3-4,7-8H2,1H3/t9-/m0/s1. The maximum Gasteiger partial charge on any atom is 0.310 e. The monoisotopic (exact) mass is 343 g/mol.